The monoisotopic (exact) mass is 245 g/mol. The maximum Gasteiger partial charge on any atom is 0.219 e. The molecule has 0 heterocycles. The van der Waals surface area contributed by atoms with Crippen LogP contribution in [0.2, 0.25) is 0 Å². The Morgan fingerprint density at radius 2 is 1.89 bits per heavy atom. The van der Waals surface area contributed by atoms with Gasteiger partial charge in [0.05, 0.1) is 0 Å². The molecule has 98 valence electrons. The van der Waals surface area contributed by atoms with Crippen LogP contribution in [0.25, 0.3) is 0 Å². The highest BCUT2D eigenvalue weighted by Crippen LogP contribution is 2.46. The molecule has 0 radical (unpaired) electrons. The lowest BCUT2D eigenvalue weighted by molar-refractivity contribution is -0.127. The average molecular weight is 245 g/mol. The van der Waals surface area contributed by atoms with Crippen molar-refractivity contribution in [2.75, 3.05) is 13.6 Å². The Hall–Kier alpha value is -1.31. The minimum Gasteiger partial charge on any atom is -0.346 e. The first-order chi connectivity index (χ1) is 8.53. The average Bonchev–Trinajstić information content (AvgIpc) is 2.29. The van der Waals surface area contributed by atoms with Gasteiger partial charge in [0.15, 0.2) is 0 Å². The third kappa shape index (κ3) is 2.58. The molecular formula is C16H23NO. The quantitative estimate of drug-likeness (QED) is 0.797. The molecule has 0 atom stereocenters. The number of nitrogens with zero attached hydrogens (tertiary/aromatic N) is 1. The molecule has 1 aromatic carbocycles. The molecule has 1 aromatic rings. The second-order valence-corrected chi connectivity index (χ2v) is 5.69. The first-order valence-corrected chi connectivity index (χ1v) is 6.82. The zero-order valence-corrected chi connectivity index (χ0v) is 11.7. The molecule has 2 rings (SSSR count). The van der Waals surface area contributed by atoms with Crippen molar-refractivity contribution in [2.24, 2.45) is 0 Å². The molecule has 0 spiro atoms. The fraction of sp³-hybridized carbons (Fsp3) is 0.562. The van der Waals surface area contributed by atoms with Gasteiger partial charge >= 0.3 is 0 Å². The van der Waals surface area contributed by atoms with Crippen molar-refractivity contribution in [1.29, 1.82) is 0 Å². The highest BCUT2D eigenvalue weighted by atomic mass is 16.2. The molecule has 1 fully saturated rings. The largest absolute Gasteiger partial charge is 0.346 e. The zero-order chi connectivity index (χ0) is 13.2. The van der Waals surface area contributed by atoms with Crippen LogP contribution in [0.1, 0.15) is 43.7 Å². The molecule has 0 aromatic heterocycles. The molecule has 2 heteroatoms. The number of benzene rings is 1. The van der Waals surface area contributed by atoms with E-state index in [4.69, 9.17) is 0 Å². The number of hydrogen-bond donors (Lipinski definition) is 0. The maximum atomic E-state index is 11.3. The molecule has 2 nitrogen and oxygen atoms in total. The Balaban J connectivity index is 2.06. The Labute approximate surface area is 110 Å². The summed E-state index contributed by atoms with van der Waals surface area (Å²) in [7, 11) is 1.89. The predicted molar refractivity (Wildman–Crippen MR) is 74.6 cm³/mol. The summed E-state index contributed by atoms with van der Waals surface area (Å²) in [5.74, 6) is 0.161. The number of carbonyl (C=O) groups is 1. The molecule has 1 saturated carbocycles. The van der Waals surface area contributed by atoms with Gasteiger partial charge in [-0.05, 0) is 37.2 Å². The minimum absolute atomic E-state index is 0.161. The van der Waals surface area contributed by atoms with Gasteiger partial charge in [-0.15, -0.1) is 0 Å². The van der Waals surface area contributed by atoms with E-state index in [9.17, 15) is 4.79 Å². The van der Waals surface area contributed by atoms with Gasteiger partial charge in [0.2, 0.25) is 5.91 Å². The van der Waals surface area contributed by atoms with Crippen molar-refractivity contribution in [1.82, 2.24) is 4.90 Å². The molecule has 1 aliphatic rings. The van der Waals surface area contributed by atoms with Crippen LogP contribution in [0.4, 0.5) is 0 Å². The van der Waals surface area contributed by atoms with E-state index >= 15 is 0 Å². The topological polar surface area (TPSA) is 20.3 Å². The lowest BCUT2D eigenvalue weighted by atomic mass is 9.62. The third-order valence-electron chi connectivity index (χ3n) is 4.44. The van der Waals surface area contributed by atoms with Crippen LogP contribution in [0.15, 0.2) is 24.3 Å². The highest BCUT2D eigenvalue weighted by Gasteiger charge is 2.38. The summed E-state index contributed by atoms with van der Waals surface area (Å²) in [4.78, 5) is 13.1. The molecule has 0 unspecified atom stereocenters. The molecular weight excluding hydrogens is 222 g/mol. The van der Waals surface area contributed by atoms with Crippen molar-refractivity contribution < 1.29 is 4.79 Å². The zero-order valence-electron chi connectivity index (χ0n) is 11.7. The summed E-state index contributed by atoms with van der Waals surface area (Å²) in [6.07, 6.45) is 4.94. The van der Waals surface area contributed by atoms with Crippen molar-refractivity contribution >= 4 is 5.91 Å². The van der Waals surface area contributed by atoms with E-state index in [1.165, 1.54) is 30.4 Å². The predicted octanol–water partition coefficient (Wildman–Crippen LogP) is 3.29. The Kier molecular flexibility index (Phi) is 3.74. The van der Waals surface area contributed by atoms with Gasteiger partial charge in [-0.3, -0.25) is 4.79 Å². The standard InChI is InChI=1S/C16H23NO/c1-13-5-7-15(8-6-13)16(9-4-10-16)11-12-17(3)14(2)18/h5-8H,4,9-12H2,1-3H3. The fourth-order valence-corrected chi connectivity index (χ4v) is 2.73. The van der Waals surface area contributed by atoms with Crippen molar-refractivity contribution in [3.8, 4) is 0 Å². The summed E-state index contributed by atoms with van der Waals surface area (Å²) >= 11 is 0. The Morgan fingerprint density at radius 3 is 2.33 bits per heavy atom. The summed E-state index contributed by atoms with van der Waals surface area (Å²) in [6, 6.07) is 8.93. The third-order valence-corrected chi connectivity index (χ3v) is 4.44. The molecule has 18 heavy (non-hydrogen) atoms. The summed E-state index contributed by atoms with van der Waals surface area (Å²) in [6.45, 7) is 4.63. The van der Waals surface area contributed by atoms with Crippen LogP contribution < -0.4 is 0 Å². The molecule has 0 aliphatic heterocycles. The van der Waals surface area contributed by atoms with Gasteiger partial charge in [0.1, 0.15) is 0 Å². The van der Waals surface area contributed by atoms with E-state index in [2.05, 4.69) is 31.2 Å². The van der Waals surface area contributed by atoms with Crippen molar-refractivity contribution in [3.05, 3.63) is 35.4 Å². The summed E-state index contributed by atoms with van der Waals surface area (Å²) in [5, 5.41) is 0. The molecule has 0 N–H and O–H groups in total. The van der Waals surface area contributed by atoms with Gasteiger partial charge in [0.25, 0.3) is 0 Å². The summed E-state index contributed by atoms with van der Waals surface area (Å²) in [5.41, 5.74) is 3.10. The molecule has 1 aliphatic carbocycles. The van der Waals surface area contributed by atoms with Gasteiger partial charge in [0, 0.05) is 20.5 Å². The van der Waals surface area contributed by atoms with Crippen LogP contribution in [0, 0.1) is 6.92 Å². The fourth-order valence-electron chi connectivity index (χ4n) is 2.73. The van der Waals surface area contributed by atoms with Crippen LogP contribution in [-0.4, -0.2) is 24.4 Å². The van der Waals surface area contributed by atoms with E-state index < -0.39 is 0 Å². The van der Waals surface area contributed by atoms with Crippen LogP contribution in [0.3, 0.4) is 0 Å². The van der Waals surface area contributed by atoms with E-state index in [0.717, 1.165) is 13.0 Å². The number of aryl methyl sites for hydroxylation is 1. The van der Waals surface area contributed by atoms with E-state index in [1.54, 1.807) is 6.92 Å². The van der Waals surface area contributed by atoms with Crippen LogP contribution in [0.5, 0.6) is 0 Å². The van der Waals surface area contributed by atoms with Gasteiger partial charge in [-0.1, -0.05) is 36.2 Å². The van der Waals surface area contributed by atoms with Gasteiger partial charge in [-0.2, -0.15) is 0 Å². The number of hydrogen-bond acceptors (Lipinski definition) is 1. The van der Waals surface area contributed by atoms with E-state index in [0.29, 0.717) is 5.41 Å². The summed E-state index contributed by atoms with van der Waals surface area (Å²) < 4.78 is 0. The molecule has 0 saturated heterocycles. The van der Waals surface area contributed by atoms with Crippen LogP contribution in [-0.2, 0) is 10.2 Å². The first-order valence-electron chi connectivity index (χ1n) is 6.82. The second kappa shape index (κ2) is 5.13. The highest BCUT2D eigenvalue weighted by molar-refractivity contribution is 5.72. The molecule has 0 bridgehead atoms. The molecule has 1 amide bonds. The van der Waals surface area contributed by atoms with Gasteiger partial charge < -0.3 is 4.90 Å². The minimum atomic E-state index is 0.161. The Bertz CT molecular complexity index is 417. The SMILES string of the molecule is CC(=O)N(C)CCC1(c2ccc(C)cc2)CCC1. The van der Waals surface area contributed by atoms with Crippen LogP contribution >= 0.6 is 0 Å². The first kappa shape index (κ1) is 13.1. The van der Waals surface area contributed by atoms with Crippen molar-refractivity contribution in [2.45, 2.75) is 44.9 Å². The Morgan fingerprint density at radius 1 is 1.28 bits per heavy atom. The smallest absolute Gasteiger partial charge is 0.219 e. The second-order valence-electron chi connectivity index (χ2n) is 5.69. The normalized spacial score (nSPS) is 17.1. The van der Waals surface area contributed by atoms with E-state index in [-0.39, 0.29) is 5.91 Å². The number of amides is 1. The van der Waals surface area contributed by atoms with E-state index in [1.807, 2.05) is 11.9 Å². The lowest BCUT2D eigenvalue weighted by Gasteiger charge is -2.43. The maximum absolute atomic E-state index is 11.3. The van der Waals surface area contributed by atoms with Crippen molar-refractivity contribution in [3.63, 3.8) is 0 Å². The lowest BCUT2D eigenvalue weighted by Crippen LogP contribution is -2.38. The van der Waals surface area contributed by atoms with Gasteiger partial charge in [-0.25, -0.2) is 0 Å². The number of carbonyl (C=O) groups excluding carboxylic acids is 1. The number of rotatable bonds is 4.